The third-order valence-corrected chi connectivity index (χ3v) is 5.71. The van der Waals surface area contributed by atoms with E-state index in [2.05, 4.69) is 20.5 Å². The Morgan fingerprint density at radius 2 is 1.52 bits per heavy atom. The molecule has 1 aromatic heterocycles. The Kier molecular flexibility index (Phi) is 7.32. The average molecular weight is 445 g/mol. The maximum atomic E-state index is 12.7. The van der Waals surface area contributed by atoms with E-state index in [0.29, 0.717) is 23.6 Å². The highest BCUT2D eigenvalue weighted by atomic mass is 16.2. The molecule has 0 atom stereocenters. The van der Waals surface area contributed by atoms with Crippen molar-refractivity contribution in [1.29, 1.82) is 0 Å². The predicted octanol–water partition coefficient (Wildman–Crippen LogP) is 4.11. The number of pyridine rings is 1. The first-order valence-corrected chi connectivity index (χ1v) is 11.3. The van der Waals surface area contributed by atoms with Crippen molar-refractivity contribution in [2.45, 2.75) is 25.7 Å². The lowest BCUT2D eigenvalue weighted by atomic mass is 10.1. The maximum absolute atomic E-state index is 12.7. The molecule has 1 aliphatic heterocycles. The Balaban J connectivity index is 1.39. The van der Waals surface area contributed by atoms with Crippen LogP contribution in [0.1, 0.15) is 36.0 Å². The number of nitrogens with zero attached hydrogens (tertiary/aromatic N) is 1. The third-order valence-electron chi connectivity index (χ3n) is 5.71. The number of aromatic amines is 1. The molecule has 2 aromatic carbocycles. The second kappa shape index (κ2) is 10.7. The Labute approximate surface area is 192 Å². The van der Waals surface area contributed by atoms with Crippen LogP contribution < -0.4 is 16.2 Å². The molecule has 2 amide bonds. The SMILES string of the molecule is O=C(CN1CCCCCC1)Nc1cccc(NC(=O)c2ccc(-c3ccccc3)[nH]c2=O)c1. The van der Waals surface area contributed by atoms with Gasteiger partial charge in [-0.15, -0.1) is 0 Å². The van der Waals surface area contributed by atoms with Gasteiger partial charge in [0.25, 0.3) is 11.5 Å². The molecule has 7 nitrogen and oxygen atoms in total. The number of benzene rings is 2. The van der Waals surface area contributed by atoms with E-state index in [-0.39, 0.29) is 11.5 Å². The molecule has 0 bridgehead atoms. The van der Waals surface area contributed by atoms with Crippen LogP contribution in [0.15, 0.2) is 71.5 Å². The van der Waals surface area contributed by atoms with Crippen LogP contribution in [-0.4, -0.2) is 41.3 Å². The molecule has 0 saturated carbocycles. The normalized spacial score (nSPS) is 14.3. The molecule has 4 rings (SSSR count). The summed E-state index contributed by atoms with van der Waals surface area (Å²) in [5, 5.41) is 5.64. The number of amides is 2. The number of aromatic nitrogens is 1. The first kappa shape index (κ1) is 22.5. The number of hydrogen-bond donors (Lipinski definition) is 3. The fraction of sp³-hybridized carbons (Fsp3) is 0.269. The fourth-order valence-corrected chi connectivity index (χ4v) is 4.01. The molecule has 1 fully saturated rings. The van der Waals surface area contributed by atoms with E-state index in [9.17, 15) is 14.4 Å². The van der Waals surface area contributed by atoms with Crippen LogP contribution in [0.4, 0.5) is 11.4 Å². The fourth-order valence-electron chi connectivity index (χ4n) is 4.01. The molecule has 3 aromatic rings. The summed E-state index contributed by atoms with van der Waals surface area (Å²) in [6.07, 6.45) is 4.69. The molecule has 0 aliphatic carbocycles. The van der Waals surface area contributed by atoms with Crippen LogP contribution in [0.2, 0.25) is 0 Å². The first-order chi connectivity index (χ1) is 16.1. The summed E-state index contributed by atoms with van der Waals surface area (Å²) >= 11 is 0. The van der Waals surface area contributed by atoms with Crippen LogP contribution in [-0.2, 0) is 4.79 Å². The largest absolute Gasteiger partial charge is 0.325 e. The topological polar surface area (TPSA) is 94.3 Å². The summed E-state index contributed by atoms with van der Waals surface area (Å²) in [6, 6.07) is 19.6. The number of anilines is 2. The van der Waals surface area contributed by atoms with Crippen LogP contribution in [0.5, 0.6) is 0 Å². The van der Waals surface area contributed by atoms with Crippen molar-refractivity contribution in [1.82, 2.24) is 9.88 Å². The molecule has 1 aliphatic rings. The molecule has 0 spiro atoms. The van der Waals surface area contributed by atoms with Crippen molar-refractivity contribution >= 4 is 23.2 Å². The quantitative estimate of drug-likeness (QED) is 0.533. The van der Waals surface area contributed by atoms with Gasteiger partial charge in [-0.3, -0.25) is 19.3 Å². The summed E-state index contributed by atoms with van der Waals surface area (Å²) in [6.45, 7) is 2.25. The van der Waals surface area contributed by atoms with Gasteiger partial charge in [0.05, 0.1) is 6.54 Å². The van der Waals surface area contributed by atoms with Gasteiger partial charge in [0.1, 0.15) is 5.56 Å². The number of carbonyl (C=O) groups is 2. The van der Waals surface area contributed by atoms with E-state index in [1.165, 1.54) is 18.9 Å². The van der Waals surface area contributed by atoms with Crippen molar-refractivity contribution in [3.05, 3.63) is 82.6 Å². The van der Waals surface area contributed by atoms with E-state index in [1.54, 1.807) is 30.3 Å². The van der Waals surface area contributed by atoms with E-state index >= 15 is 0 Å². The molecule has 7 heteroatoms. The second-order valence-electron chi connectivity index (χ2n) is 8.25. The van der Waals surface area contributed by atoms with Crippen molar-refractivity contribution in [2.75, 3.05) is 30.3 Å². The van der Waals surface area contributed by atoms with Crippen molar-refractivity contribution in [3.8, 4) is 11.3 Å². The van der Waals surface area contributed by atoms with Gasteiger partial charge in [-0.1, -0.05) is 49.2 Å². The van der Waals surface area contributed by atoms with Gasteiger partial charge in [-0.2, -0.15) is 0 Å². The number of rotatable bonds is 6. The lowest BCUT2D eigenvalue weighted by Gasteiger charge is -2.19. The number of likely N-dealkylation sites (tertiary alicyclic amines) is 1. The van der Waals surface area contributed by atoms with Crippen LogP contribution in [0.3, 0.4) is 0 Å². The van der Waals surface area contributed by atoms with Crippen molar-refractivity contribution in [3.63, 3.8) is 0 Å². The first-order valence-electron chi connectivity index (χ1n) is 11.3. The molecule has 2 heterocycles. The average Bonchev–Trinajstić information content (AvgIpc) is 3.08. The number of hydrogen-bond acceptors (Lipinski definition) is 4. The van der Waals surface area contributed by atoms with E-state index in [4.69, 9.17) is 0 Å². The highest BCUT2D eigenvalue weighted by Gasteiger charge is 2.14. The summed E-state index contributed by atoms with van der Waals surface area (Å²) in [7, 11) is 0. The summed E-state index contributed by atoms with van der Waals surface area (Å²) in [4.78, 5) is 42.6. The monoisotopic (exact) mass is 444 g/mol. The zero-order valence-electron chi connectivity index (χ0n) is 18.5. The Hall–Kier alpha value is -3.71. The summed E-state index contributed by atoms with van der Waals surface area (Å²) < 4.78 is 0. The molecule has 170 valence electrons. The number of carbonyl (C=O) groups excluding carboxylic acids is 2. The number of H-pyrrole nitrogens is 1. The van der Waals surface area contributed by atoms with Gasteiger partial charge >= 0.3 is 0 Å². The predicted molar refractivity (Wildman–Crippen MR) is 130 cm³/mol. The third kappa shape index (κ3) is 6.17. The van der Waals surface area contributed by atoms with Gasteiger partial charge in [0.15, 0.2) is 0 Å². The Bertz CT molecular complexity index is 1170. The van der Waals surface area contributed by atoms with Crippen LogP contribution >= 0.6 is 0 Å². The molecular formula is C26H28N4O3. The van der Waals surface area contributed by atoms with Gasteiger partial charge in [-0.25, -0.2) is 0 Å². The van der Waals surface area contributed by atoms with Gasteiger partial charge < -0.3 is 15.6 Å². The standard InChI is InChI=1S/C26H28N4O3/c31-24(18-30-15-6-1-2-7-16-30)27-20-11-8-12-21(17-20)28-25(32)22-13-14-23(29-26(22)33)19-9-4-3-5-10-19/h3-5,8-14,17H,1-2,6-7,15-16,18H2,(H,27,31)(H,28,32)(H,29,33). The maximum Gasteiger partial charge on any atom is 0.261 e. The molecular weight excluding hydrogens is 416 g/mol. The molecule has 0 unspecified atom stereocenters. The smallest absolute Gasteiger partial charge is 0.261 e. The lowest BCUT2D eigenvalue weighted by molar-refractivity contribution is -0.117. The highest BCUT2D eigenvalue weighted by molar-refractivity contribution is 6.04. The van der Waals surface area contributed by atoms with Crippen molar-refractivity contribution < 1.29 is 9.59 Å². The van der Waals surface area contributed by atoms with Gasteiger partial charge in [0.2, 0.25) is 5.91 Å². The Morgan fingerprint density at radius 3 is 2.21 bits per heavy atom. The van der Waals surface area contributed by atoms with Gasteiger partial charge in [0, 0.05) is 17.1 Å². The van der Waals surface area contributed by atoms with E-state index in [1.807, 2.05) is 30.3 Å². The van der Waals surface area contributed by atoms with E-state index < -0.39 is 11.5 Å². The van der Waals surface area contributed by atoms with Crippen LogP contribution in [0.25, 0.3) is 11.3 Å². The molecule has 0 radical (unpaired) electrons. The highest BCUT2D eigenvalue weighted by Crippen LogP contribution is 2.18. The minimum atomic E-state index is -0.510. The zero-order valence-corrected chi connectivity index (χ0v) is 18.5. The van der Waals surface area contributed by atoms with E-state index in [0.717, 1.165) is 31.5 Å². The molecule has 3 N–H and O–H groups in total. The summed E-state index contributed by atoms with van der Waals surface area (Å²) in [5.41, 5.74) is 2.16. The van der Waals surface area contributed by atoms with Crippen LogP contribution in [0, 0.1) is 0 Å². The Morgan fingerprint density at radius 1 is 0.818 bits per heavy atom. The molecule has 1 saturated heterocycles. The molecule has 33 heavy (non-hydrogen) atoms. The zero-order chi connectivity index (χ0) is 23.0. The second-order valence-corrected chi connectivity index (χ2v) is 8.25. The summed E-state index contributed by atoms with van der Waals surface area (Å²) in [5.74, 6) is -0.586. The van der Waals surface area contributed by atoms with Crippen molar-refractivity contribution in [2.24, 2.45) is 0 Å². The van der Waals surface area contributed by atoms with Gasteiger partial charge in [-0.05, 0) is 61.8 Å². The minimum Gasteiger partial charge on any atom is -0.325 e. The minimum absolute atomic E-state index is 0.0188. The lowest BCUT2D eigenvalue weighted by Crippen LogP contribution is -2.33. The number of nitrogens with one attached hydrogen (secondary N) is 3.